The van der Waals surface area contributed by atoms with Gasteiger partial charge in [0, 0.05) is 5.69 Å². The Kier molecular flexibility index (Phi) is 7.24. The second-order valence-corrected chi connectivity index (χ2v) is 8.25. The van der Waals surface area contributed by atoms with Gasteiger partial charge in [0.05, 0.1) is 17.1 Å². The molecule has 0 heterocycles. The van der Waals surface area contributed by atoms with Gasteiger partial charge in [-0.1, -0.05) is 24.3 Å². The highest BCUT2D eigenvalue weighted by Crippen LogP contribution is 2.27. The molecule has 0 aliphatic heterocycles. The van der Waals surface area contributed by atoms with E-state index in [1.54, 1.807) is 36.4 Å². The molecule has 0 saturated heterocycles. The molecule has 1 fully saturated rings. The van der Waals surface area contributed by atoms with E-state index in [2.05, 4.69) is 15.4 Å². The Hall–Kier alpha value is -2.09. The first-order valence-electron chi connectivity index (χ1n) is 8.63. The fourth-order valence-electron chi connectivity index (χ4n) is 2.53. The van der Waals surface area contributed by atoms with Gasteiger partial charge in [-0.05, 0) is 62.1 Å². The zero-order chi connectivity index (χ0) is 18.6. The van der Waals surface area contributed by atoms with Gasteiger partial charge in [0.15, 0.2) is 0 Å². The molecule has 3 N–H and O–H groups in total. The van der Waals surface area contributed by atoms with Crippen molar-refractivity contribution < 1.29 is 13.2 Å². The van der Waals surface area contributed by atoms with Gasteiger partial charge >= 0.3 is 0 Å². The zero-order valence-corrected chi connectivity index (χ0v) is 16.7. The minimum Gasteiger partial charge on any atom is -0.325 e. The van der Waals surface area contributed by atoms with Crippen molar-refractivity contribution >= 4 is 39.7 Å². The van der Waals surface area contributed by atoms with Crippen LogP contribution >= 0.6 is 12.4 Å². The molecule has 3 rings (SSSR count). The summed E-state index contributed by atoms with van der Waals surface area (Å²) in [6, 6.07) is 13.3. The second kappa shape index (κ2) is 9.21. The minimum atomic E-state index is -3.67. The monoisotopic (exact) mass is 409 g/mol. The summed E-state index contributed by atoms with van der Waals surface area (Å²) < 4.78 is 27.6. The lowest BCUT2D eigenvalue weighted by atomic mass is 10.2. The van der Waals surface area contributed by atoms with Crippen LogP contribution in [0.25, 0.3) is 0 Å². The molecule has 0 radical (unpaired) electrons. The normalized spacial score (nSPS) is 13.5. The summed E-state index contributed by atoms with van der Waals surface area (Å²) in [5.74, 6) is 0.563. The number of carbonyl (C=O) groups excluding carboxylic acids is 1. The molecular weight excluding hydrogens is 386 g/mol. The number of sulfonamides is 1. The lowest BCUT2D eigenvalue weighted by Crippen LogP contribution is -2.29. The second-order valence-electron chi connectivity index (χ2n) is 6.57. The van der Waals surface area contributed by atoms with Crippen LogP contribution in [0.3, 0.4) is 0 Å². The van der Waals surface area contributed by atoms with E-state index in [9.17, 15) is 13.2 Å². The summed E-state index contributed by atoms with van der Waals surface area (Å²) in [4.78, 5) is 12.2. The largest absolute Gasteiger partial charge is 0.325 e. The molecule has 27 heavy (non-hydrogen) atoms. The third-order valence-electron chi connectivity index (χ3n) is 4.23. The molecule has 146 valence electrons. The van der Waals surface area contributed by atoms with Gasteiger partial charge in [0.1, 0.15) is 0 Å². The summed E-state index contributed by atoms with van der Waals surface area (Å²) in [6.07, 6.45) is 2.47. The third-order valence-corrected chi connectivity index (χ3v) is 5.62. The van der Waals surface area contributed by atoms with Crippen molar-refractivity contribution in [1.82, 2.24) is 5.32 Å². The number of hydrogen-bond donors (Lipinski definition) is 3. The molecule has 8 heteroatoms. The van der Waals surface area contributed by atoms with Gasteiger partial charge in [-0.25, -0.2) is 8.42 Å². The number of rotatable bonds is 8. The summed E-state index contributed by atoms with van der Waals surface area (Å²) in [5, 5.41) is 5.92. The van der Waals surface area contributed by atoms with Crippen molar-refractivity contribution in [3.8, 4) is 0 Å². The summed E-state index contributed by atoms with van der Waals surface area (Å²) in [6.45, 7) is 2.92. The summed E-state index contributed by atoms with van der Waals surface area (Å²) in [5.41, 5.74) is 1.77. The van der Waals surface area contributed by atoms with E-state index in [0.29, 0.717) is 17.3 Å². The average Bonchev–Trinajstić information content (AvgIpc) is 3.43. The Morgan fingerprint density at radius 2 is 1.81 bits per heavy atom. The van der Waals surface area contributed by atoms with E-state index in [1.807, 2.05) is 6.92 Å². The SMILES string of the molecule is Cc1ccc(NC(=O)CNCC2CC2)cc1NS(=O)(=O)c1ccccc1.Cl. The van der Waals surface area contributed by atoms with E-state index in [1.165, 1.54) is 25.0 Å². The first-order valence-corrected chi connectivity index (χ1v) is 10.1. The van der Waals surface area contributed by atoms with Gasteiger partial charge in [-0.15, -0.1) is 12.4 Å². The Bertz CT molecular complexity index is 884. The van der Waals surface area contributed by atoms with Crippen LogP contribution in [0.15, 0.2) is 53.4 Å². The van der Waals surface area contributed by atoms with Crippen molar-refractivity contribution in [1.29, 1.82) is 0 Å². The van der Waals surface area contributed by atoms with Crippen molar-refractivity contribution in [3.05, 3.63) is 54.1 Å². The highest BCUT2D eigenvalue weighted by atomic mass is 35.5. The van der Waals surface area contributed by atoms with Crippen LogP contribution in [0.1, 0.15) is 18.4 Å². The molecule has 2 aromatic rings. The van der Waals surface area contributed by atoms with Crippen molar-refractivity contribution in [2.45, 2.75) is 24.7 Å². The number of halogens is 1. The number of aryl methyl sites for hydroxylation is 1. The molecule has 1 aliphatic rings. The molecule has 0 atom stereocenters. The number of nitrogens with one attached hydrogen (secondary N) is 3. The molecular formula is C19H24ClN3O3S. The Balaban J connectivity index is 0.00000261. The highest BCUT2D eigenvalue weighted by Gasteiger charge is 2.20. The highest BCUT2D eigenvalue weighted by molar-refractivity contribution is 7.92. The molecule has 1 saturated carbocycles. The first-order chi connectivity index (χ1) is 12.4. The van der Waals surface area contributed by atoms with E-state index in [-0.39, 0.29) is 29.8 Å². The van der Waals surface area contributed by atoms with Crippen LogP contribution < -0.4 is 15.4 Å². The molecule has 0 aromatic heterocycles. The molecule has 2 aromatic carbocycles. The molecule has 1 amide bonds. The van der Waals surface area contributed by atoms with E-state index in [4.69, 9.17) is 0 Å². The predicted octanol–water partition coefficient (Wildman–Crippen LogP) is 3.16. The van der Waals surface area contributed by atoms with Crippen molar-refractivity contribution in [3.63, 3.8) is 0 Å². The molecule has 6 nitrogen and oxygen atoms in total. The maximum atomic E-state index is 12.5. The summed E-state index contributed by atoms with van der Waals surface area (Å²) in [7, 11) is -3.67. The van der Waals surface area contributed by atoms with Gasteiger partial charge in [0.25, 0.3) is 10.0 Å². The van der Waals surface area contributed by atoms with Crippen molar-refractivity contribution in [2.75, 3.05) is 23.1 Å². The molecule has 0 unspecified atom stereocenters. The Labute approximate surface area is 166 Å². The smallest absolute Gasteiger partial charge is 0.261 e. The third kappa shape index (κ3) is 6.23. The maximum Gasteiger partial charge on any atom is 0.261 e. The van der Waals surface area contributed by atoms with Gasteiger partial charge in [-0.2, -0.15) is 0 Å². The van der Waals surface area contributed by atoms with E-state index >= 15 is 0 Å². The number of anilines is 2. The van der Waals surface area contributed by atoms with E-state index in [0.717, 1.165) is 12.1 Å². The van der Waals surface area contributed by atoms with E-state index < -0.39 is 10.0 Å². The predicted molar refractivity (Wildman–Crippen MR) is 110 cm³/mol. The van der Waals surface area contributed by atoms with Gasteiger partial charge in [0.2, 0.25) is 5.91 Å². The van der Waals surface area contributed by atoms with Crippen molar-refractivity contribution in [2.24, 2.45) is 5.92 Å². The number of benzene rings is 2. The first kappa shape index (κ1) is 21.2. The topological polar surface area (TPSA) is 87.3 Å². The Morgan fingerprint density at radius 3 is 2.48 bits per heavy atom. The van der Waals surface area contributed by atoms with Crippen LogP contribution in [0.5, 0.6) is 0 Å². The van der Waals surface area contributed by atoms with Gasteiger partial charge < -0.3 is 10.6 Å². The molecule has 1 aliphatic carbocycles. The van der Waals surface area contributed by atoms with Crippen LogP contribution in [0, 0.1) is 12.8 Å². The number of carbonyl (C=O) groups is 1. The van der Waals surface area contributed by atoms with Crippen LogP contribution in [-0.4, -0.2) is 27.4 Å². The Morgan fingerprint density at radius 1 is 1.11 bits per heavy atom. The van der Waals surface area contributed by atoms with Crippen LogP contribution in [0.2, 0.25) is 0 Å². The quantitative estimate of drug-likeness (QED) is 0.625. The lowest BCUT2D eigenvalue weighted by Gasteiger charge is -2.13. The number of amides is 1. The summed E-state index contributed by atoms with van der Waals surface area (Å²) >= 11 is 0. The standard InChI is InChI=1S/C19H23N3O3S.ClH/c1-14-7-10-16(21-19(23)13-20-12-15-8-9-15)11-18(14)22-26(24,25)17-5-3-2-4-6-17;/h2-7,10-11,15,20,22H,8-9,12-13H2,1H3,(H,21,23);1H. The maximum absolute atomic E-state index is 12.5. The van der Waals surface area contributed by atoms with Crippen LogP contribution in [0.4, 0.5) is 11.4 Å². The minimum absolute atomic E-state index is 0. The average molecular weight is 410 g/mol. The lowest BCUT2D eigenvalue weighted by molar-refractivity contribution is -0.115. The molecule has 0 bridgehead atoms. The fraction of sp³-hybridized carbons (Fsp3) is 0.316. The van der Waals surface area contributed by atoms with Crippen LogP contribution in [-0.2, 0) is 14.8 Å². The zero-order valence-electron chi connectivity index (χ0n) is 15.1. The fourth-order valence-corrected chi connectivity index (χ4v) is 3.67. The number of hydrogen-bond acceptors (Lipinski definition) is 4. The van der Waals surface area contributed by atoms with Gasteiger partial charge in [-0.3, -0.25) is 9.52 Å². The molecule has 0 spiro atoms.